The quantitative estimate of drug-likeness (QED) is 0.676. The topological polar surface area (TPSA) is 29.1 Å². The van der Waals surface area contributed by atoms with E-state index in [2.05, 4.69) is 23.5 Å². The number of anilines is 1. The summed E-state index contributed by atoms with van der Waals surface area (Å²) in [7, 11) is 0. The van der Waals surface area contributed by atoms with E-state index < -0.39 is 0 Å². The molecule has 0 saturated carbocycles. The summed E-state index contributed by atoms with van der Waals surface area (Å²) in [5.41, 5.74) is 3.23. The van der Waals surface area contributed by atoms with Gasteiger partial charge in [-0.2, -0.15) is 0 Å². The zero-order chi connectivity index (χ0) is 15.1. The van der Waals surface area contributed by atoms with E-state index >= 15 is 0 Å². The molecule has 0 spiro atoms. The molecule has 0 fully saturated rings. The first-order valence-corrected chi connectivity index (χ1v) is 7.67. The van der Waals surface area contributed by atoms with Crippen molar-refractivity contribution in [3.8, 4) is 0 Å². The van der Waals surface area contributed by atoms with Gasteiger partial charge in [0.2, 0.25) is 5.91 Å². The monoisotopic (exact) mass is 307 g/mol. The predicted octanol–water partition coefficient (Wildman–Crippen LogP) is 4.97. The Morgan fingerprint density at radius 3 is 2.55 bits per heavy atom. The van der Waals surface area contributed by atoms with Gasteiger partial charge in [-0.15, -0.1) is 0 Å². The van der Waals surface area contributed by atoms with E-state index in [-0.39, 0.29) is 11.8 Å². The highest BCUT2D eigenvalue weighted by Gasteiger charge is 2.28. The van der Waals surface area contributed by atoms with Gasteiger partial charge in [0, 0.05) is 23.0 Å². The average Bonchev–Trinajstić information content (AvgIpc) is 2.54. The molecule has 1 aliphatic rings. The van der Waals surface area contributed by atoms with E-state index in [0.717, 1.165) is 11.3 Å². The zero-order valence-corrected chi connectivity index (χ0v) is 12.6. The number of benzene rings is 3. The van der Waals surface area contributed by atoms with E-state index in [1.807, 2.05) is 42.5 Å². The number of nitrogens with one attached hydrogen (secondary N) is 1. The Labute approximate surface area is 133 Å². The lowest BCUT2D eigenvalue weighted by Gasteiger charge is -2.27. The van der Waals surface area contributed by atoms with Gasteiger partial charge >= 0.3 is 0 Å². The maximum Gasteiger partial charge on any atom is 0.225 e. The van der Waals surface area contributed by atoms with Crippen molar-refractivity contribution in [3.63, 3.8) is 0 Å². The first-order valence-electron chi connectivity index (χ1n) is 7.29. The molecule has 4 rings (SSSR count). The van der Waals surface area contributed by atoms with Crippen molar-refractivity contribution in [1.29, 1.82) is 0 Å². The maximum atomic E-state index is 12.1. The van der Waals surface area contributed by atoms with Gasteiger partial charge in [0.05, 0.1) is 0 Å². The molecule has 0 aliphatic carbocycles. The molecule has 1 aliphatic heterocycles. The van der Waals surface area contributed by atoms with Crippen LogP contribution in [-0.2, 0) is 4.79 Å². The smallest absolute Gasteiger partial charge is 0.225 e. The third-order valence-corrected chi connectivity index (χ3v) is 4.51. The van der Waals surface area contributed by atoms with Crippen LogP contribution in [0.2, 0.25) is 5.02 Å². The molecule has 1 N–H and O–H groups in total. The molecule has 3 aromatic rings. The predicted molar refractivity (Wildman–Crippen MR) is 90.5 cm³/mol. The maximum absolute atomic E-state index is 12.1. The summed E-state index contributed by atoms with van der Waals surface area (Å²) in [4.78, 5) is 12.1. The summed E-state index contributed by atoms with van der Waals surface area (Å²) in [5.74, 6) is 0.120. The van der Waals surface area contributed by atoms with Gasteiger partial charge in [0.15, 0.2) is 0 Å². The number of rotatable bonds is 1. The van der Waals surface area contributed by atoms with Crippen LogP contribution in [0.5, 0.6) is 0 Å². The number of carbonyl (C=O) groups is 1. The molecule has 108 valence electrons. The van der Waals surface area contributed by atoms with E-state index in [0.29, 0.717) is 11.4 Å². The molecule has 1 unspecified atom stereocenters. The zero-order valence-electron chi connectivity index (χ0n) is 11.8. The van der Waals surface area contributed by atoms with Crippen molar-refractivity contribution in [2.24, 2.45) is 0 Å². The van der Waals surface area contributed by atoms with Gasteiger partial charge in [0.25, 0.3) is 0 Å². The first-order chi connectivity index (χ1) is 10.7. The molecule has 22 heavy (non-hydrogen) atoms. The Hall–Kier alpha value is -2.32. The first kappa shape index (κ1) is 13.4. The van der Waals surface area contributed by atoms with E-state index in [9.17, 15) is 4.79 Å². The number of carbonyl (C=O) groups excluding carboxylic acids is 1. The van der Waals surface area contributed by atoms with Crippen LogP contribution in [0.4, 0.5) is 5.69 Å². The molecular weight excluding hydrogens is 294 g/mol. The molecule has 0 saturated heterocycles. The van der Waals surface area contributed by atoms with Crippen LogP contribution in [0.25, 0.3) is 10.8 Å². The Bertz CT molecular complexity index is 870. The van der Waals surface area contributed by atoms with Crippen LogP contribution < -0.4 is 5.32 Å². The Kier molecular flexibility index (Phi) is 3.12. The lowest BCUT2D eigenvalue weighted by molar-refractivity contribution is -0.116. The molecule has 3 aromatic carbocycles. The number of amides is 1. The fourth-order valence-corrected chi connectivity index (χ4v) is 3.37. The summed E-state index contributed by atoms with van der Waals surface area (Å²) in [5, 5.41) is 6.09. The van der Waals surface area contributed by atoms with Gasteiger partial charge < -0.3 is 5.32 Å². The molecule has 1 heterocycles. The van der Waals surface area contributed by atoms with Gasteiger partial charge in [-0.3, -0.25) is 4.79 Å². The van der Waals surface area contributed by atoms with Crippen LogP contribution >= 0.6 is 11.6 Å². The van der Waals surface area contributed by atoms with Gasteiger partial charge in [-0.05, 0) is 40.1 Å². The fourth-order valence-electron chi connectivity index (χ4n) is 3.25. The number of hydrogen-bond donors (Lipinski definition) is 1. The second-order valence-electron chi connectivity index (χ2n) is 5.60. The van der Waals surface area contributed by atoms with E-state index in [1.165, 1.54) is 16.3 Å². The fraction of sp³-hybridized carbons (Fsp3) is 0.105. The van der Waals surface area contributed by atoms with Gasteiger partial charge in [-0.25, -0.2) is 0 Å². The van der Waals surface area contributed by atoms with Crippen LogP contribution in [-0.4, -0.2) is 5.91 Å². The lowest BCUT2D eigenvalue weighted by Crippen LogP contribution is -2.23. The summed E-state index contributed by atoms with van der Waals surface area (Å²) in [6, 6.07) is 20.1. The second kappa shape index (κ2) is 5.15. The Morgan fingerprint density at radius 1 is 0.955 bits per heavy atom. The third-order valence-electron chi connectivity index (χ3n) is 4.26. The van der Waals surface area contributed by atoms with Crippen LogP contribution in [0.3, 0.4) is 0 Å². The molecule has 3 heteroatoms. The summed E-state index contributed by atoms with van der Waals surface area (Å²) < 4.78 is 0. The summed E-state index contributed by atoms with van der Waals surface area (Å²) in [6.07, 6.45) is 0.461. The van der Waals surface area contributed by atoms with Gasteiger partial charge in [-0.1, -0.05) is 54.1 Å². The van der Waals surface area contributed by atoms with Crippen LogP contribution in [0.15, 0.2) is 60.7 Å². The highest BCUT2D eigenvalue weighted by atomic mass is 35.5. The Balaban J connectivity index is 1.97. The van der Waals surface area contributed by atoms with Crippen molar-refractivity contribution in [1.82, 2.24) is 0 Å². The van der Waals surface area contributed by atoms with Crippen molar-refractivity contribution < 1.29 is 4.79 Å². The second-order valence-corrected chi connectivity index (χ2v) is 6.04. The van der Waals surface area contributed by atoms with Crippen molar-refractivity contribution >= 4 is 34.0 Å². The SMILES string of the molecule is O=C1CC(c2ccc(Cl)cc2)c2c(ccc3ccccc23)N1. The molecule has 0 radical (unpaired) electrons. The van der Waals surface area contributed by atoms with Crippen LogP contribution in [0.1, 0.15) is 23.5 Å². The van der Waals surface area contributed by atoms with Crippen molar-refractivity contribution in [3.05, 3.63) is 76.8 Å². The lowest BCUT2D eigenvalue weighted by atomic mass is 9.82. The van der Waals surface area contributed by atoms with Crippen LogP contribution in [0, 0.1) is 0 Å². The number of fused-ring (bicyclic) bond motifs is 3. The minimum Gasteiger partial charge on any atom is -0.326 e. The third kappa shape index (κ3) is 2.16. The standard InChI is InChI=1S/C19H14ClNO/c20-14-8-5-13(6-9-14)16-11-18(22)21-17-10-7-12-3-1-2-4-15(12)19(16)17/h1-10,16H,11H2,(H,21,22). The van der Waals surface area contributed by atoms with Crippen molar-refractivity contribution in [2.75, 3.05) is 5.32 Å². The van der Waals surface area contributed by atoms with E-state index in [1.54, 1.807) is 0 Å². The largest absolute Gasteiger partial charge is 0.326 e. The Morgan fingerprint density at radius 2 is 1.73 bits per heavy atom. The highest BCUT2D eigenvalue weighted by Crippen LogP contribution is 2.41. The molecular formula is C19H14ClNO. The summed E-state index contributed by atoms with van der Waals surface area (Å²) in [6.45, 7) is 0. The normalized spacial score (nSPS) is 17.1. The molecule has 0 bridgehead atoms. The van der Waals surface area contributed by atoms with Gasteiger partial charge in [0.1, 0.15) is 0 Å². The highest BCUT2D eigenvalue weighted by molar-refractivity contribution is 6.30. The van der Waals surface area contributed by atoms with Crippen molar-refractivity contribution in [2.45, 2.75) is 12.3 Å². The van der Waals surface area contributed by atoms with E-state index in [4.69, 9.17) is 11.6 Å². The average molecular weight is 308 g/mol. The minimum absolute atomic E-state index is 0.0581. The number of halogens is 1. The minimum atomic E-state index is 0.0581. The molecule has 2 nitrogen and oxygen atoms in total. The summed E-state index contributed by atoms with van der Waals surface area (Å²) >= 11 is 6.00. The molecule has 1 amide bonds. The number of hydrogen-bond acceptors (Lipinski definition) is 1. The molecule has 1 atom stereocenters. The molecule has 0 aromatic heterocycles.